The van der Waals surface area contributed by atoms with Crippen molar-refractivity contribution in [3.63, 3.8) is 0 Å². The predicted molar refractivity (Wildman–Crippen MR) is 277 cm³/mol. The molecule has 1 aliphatic carbocycles. The molecule has 21 nitrogen and oxygen atoms in total. The van der Waals surface area contributed by atoms with E-state index in [1.165, 1.54) is 16.6 Å². The van der Waals surface area contributed by atoms with Gasteiger partial charge in [-0.25, -0.2) is 9.67 Å². The first-order valence-corrected chi connectivity index (χ1v) is 22.9. The zero-order valence-electron chi connectivity index (χ0n) is 39.3. The van der Waals surface area contributed by atoms with Crippen molar-refractivity contribution in [2.24, 2.45) is 21.7 Å². The summed E-state index contributed by atoms with van der Waals surface area (Å²) in [4.78, 5) is 23.8. The molecule has 1 amide bonds. The van der Waals surface area contributed by atoms with Crippen LogP contribution >= 0.6 is 15.9 Å². The Morgan fingerprint density at radius 1 is 0.700 bits per heavy atom. The molecule has 2 aliphatic rings. The Hall–Kier alpha value is -8.37. The SMILES string of the molecule is C1=CN=NC1.Cc1cc(N)cc(-n2ccnn2)c1.Cc1cc(N)cc(-n2nccn2)c1.Cc1cc(N)cc(Br)c1.Cc1cc(Nc2nc(N[C@@H]3CCCC[C@@H]3N)ncc2C(N)=O)cc(-n2nccn2)c1. The van der Waals surface area contributed by atoms with Crippen LogP contribution in [-0.2, 0) is 0 Å². The van der Waals surface area contributed by atoms with Crippen molar-refractivity contribution < 1.29 is 4.79 Å². The van der Waals surface area contributed by atoms with Gasteiger partial charge in [-0.2, -0.15) is 45.2 Å². The smallest absolute Gasteiger partial charge is 0.254 e. The fourth-order valence-electron chi connectivity index (χ4n) is 7.19. The summed E-state index contributed by atoms with van der Waals surface area (Å²) in [6.45, 7) is 8.74. The molecule has 8 aromatic rings. The van der Waals surface area contributed by atoms with Crippen molar-refractivity contribution in [3.05, 3.63) is 161 Å². The Morgan fingerprint density at radius 2 is 1.27 bits per heavy atom. The zero-order valence-corrected chi connectivity index (χ0v) is 40.9. The molecule has 0 saturated heterocycles. The monoisotopic (exact) mass is 1010 g/mol. The summed E-state index contributed by atoms with van der Waals surface area (Å²) >= 11 is 3.33. The first kappa shape index (κ1) is 51.0. The Kier molecular flexibility index (Phi) is 18.3. The maximum absolute atomic E-state index is 11.9. The van der Waals surface area contributed by atoms with Gasteiger partial charge in [0.1, 0.15) is 11.4 Å². The minimum Gasteiger partial charge on any atom is -0.399 e. The van der Waals surface area contributed by atoms with Gasteiger partial charge in [0, 0.05) is 51.7 Å². The molecule has 362 valence electrons. The number of nitrogens with one attached hydrogen (secondary N) is 2. The minimum atomic E-state index is -0.611. The molecule has 22 heteroatoms. The summed E-state index contributed by atoms with van der Waals surface area (Å²) in [7, 11) is 0. The lowest BCUT2D eigenvalue weighted by Crippen LogP contribution is -2.43. The van der Waals surface area contributed by atoms with Crippen LogP contribution in [0.4, 0.5) is 34.5 Å². The number of hydrogen-bond acceptors (Lipinski definition) is 17. The average Bonchev–Trinajstić information content (AvgIpc) is 4.17. The molecule has 0 unspecified atom stereocenters. The van der Waals surface area contributed by atoms with E-state index in [9.17, 15) is 4.79 Å². The van der Waals surface area contributed by atoms with Crippen molar-refractivity contribution in [2.45, 2.75) is 65.5 Å². The number of hydrogen-bond donors (Lipinski definition) is 7. The highest BCUT2D eigenvalue weighted by Gasteiger charge is 2.23. The number of nitrogen functional groups attached to an aromatic ring is 3. The van der Waals surface area contributed by atoms with E-state index in [1.54, 1.807) is 52.9 Å². The van der Waals surface area contributed by atoms with Gasteiger partial charge in [-0.05, 0) is 142 Å². The first-order valence-electron chi connectivity index (χ1n) is 22.2. The van der Waals surface area contributed by atoms with Crippen LogP contribution < -0.4 is 39.3 Å². The second-order valence-corrected chi connectivity index (χ2v) is 17.2. The number of carbonyl (C=O) groups is 1. The zero-order chi connectivity index (χ0) is 50.0. The molecule has 0 bridgehead atoms. The summed E-state index contributed by atoms with van der Waals surface area (Å²) in [6.07, 6.45) is 19.1. The molecule has 1 saturated carbocycles. The molecule has 70 heavy (non-hydrogen) atoms. The number of nitrogens with zero attached hydrogens (tertiary/aromatic N) is 13. The first-order chi connectivity index (χ1) is 33.7. The summed E-state index contributed by atoms with van der Waals surface area (Å²) < 4.78 is 2.73. The number of benzene rings is 4. The molecule has 0 spiro atoms. The molecule has 12 N–H and O–H groups in total. The van der Waals surface area contributed by atoms with Gasteiger partial charge in [0.2, 0.25) is 5.95 Å². The number of halogens is 1. The number of aromatic nitrogens is 11. The van der Waals surface area contributed by atoms with Gasteiger partial charge in [-0.1, -0.05) is 34.0 Å². The normalized spacial score (nSPS) is 14.3. The van der Waals surface area contributed by atoms with Gasteiger partial charge in [0.25, 0.3) is 5.91 Å². The van der Waals surface area contributed by atoms with Gasteiger partial charge in [0.15, 0.2) is 0 Å². The molecule has 4 aromatic carbocycles. The molecule has 1 aliphatic heterocycles. The number of carbonyl (C=O) groups excluding carboxylic acids is 1. The number of aryl methyl sites for hydroxylation is 4. The van der Waals surface area contributed by atoms with E-state index >= 15 is 0 Å². The lowest BCUT2D eigenvalue weighted by atomic mass is 9.91. The number of amides is 1. The molecular weight excluding hydrogens is 953 g/mol. The number of primary amides is 1. The van der Waals surface area contributed by atoms with E-state index in [4.69, 9.17) is 28.7 Å². The third-order valence-electron chi connectivity index (χ3n) is 10.2. The van der Waals surface area contributed by atoms with Gasteiger partial charge in [-0.3, -0.25) is 4.79 Å². The topological polar surface area (TPSA) is 314 Å². The van der Waals surface area contributed by atoms with Crippen molar-refractivity contribution in [1.29, 1.82) is 0 Å². The van der Waals surface area contributed by atoms with E-state index in [2.05, 4.69) is 77.5 Å². The summed E-state index contributed by atoms with van der Waals surface area (Å²) in [5, 5.41) is 37.6. The van der Waals surface area contributed by atoms with Gasteiger partial charge in [0.05, 0.1) is 60.8 Å². The van der Waals surface area contributed by atoms with Crippen molar-refractivity contribution in [2.75, 3.05) is 34.4 Å². The number of nitrogens with two attached hydrogens (primary N) is 5. The van der Waals surface area contributed by atoms with Crippen LogP contribution in [0.2, 0.25) is 0 Å². The standard InChI is InChI=1S/C20H25N9O.2C9H10N4.C7H8BrN.C3H4N2/c1-12-8-13(10-14(9-12)29-24-6-7-25-29)26-19-15(18(22)30)11-23-20(28-19)27-17-5-3-2-4-16(17)21;1-7-4-8(10)6-9(5-7)13-3-2-11-12-13;1-7-4-8(10)6-9(5-7)13-11-2-3-12-13;1-5-2-6(8)4-7(9)3-5;1-2-4-5-3-1/h6-11,16-17H,2-5,21H2,1H3,(H2,22,30)(H2,23,26,27,28);2*2-6H,10H2,1H3;2-4H,9H2,1H3;1-2H,3H2/t16-,17+;;;;/m0..../s1. The van der Waals surface area contributed by atoms with E-state index in [1.807, 2.05) is 107 Å². The molecule has 10 rings (SSSR count). The summed E-state index contributed by atoms with van der Waals surface area (Å²) in [6, 6.07) is 23.3. The molecular formula is C48H57BrN20O. The lowest BCUT2D eigenvalue weighted by Gasteiger charge is -2.29. The van der Waals surface area contributed by atoms with Gasteiger partial charge in [-0.15, -0.1) is 5.10 Å². The lowest BCUT2D eigenvalue weighted by molar-refractivity contribution is 0.100. The molecule has 0 radical (unpaired) electrons. The molecule has 5 heterocycles. The Balaban J connectivity index is 0.000000165. The number of azo groups is 1. The fraction of sp³-hybridized carbons (Fsp3) is 0.229. The van der Waals surface area contributed by atoms with Crippen LogP contribution in [0.3, 0.4) is 0 Å². The number of rotatable bonds is 8. The predicted octanol–water partition coefficient (Wildman–Crippen LogP) is 7.51. The summed E-state index contributed by atoms with van der Waals surface area (Å²) in [5.41, 5.74) is 38.9. The Labute approximate surface area is 413 Å². The van der Waals surface area contributed by atoms with Crippen molar-refractivity contribution >= 4 is 56.4 Å². The van der Waals surface area contributed by atoms with Gasteiger partial charge < -0.3 is 39.3 Å². The molecule has 1 fully saturated rings. The van der Waals surface area contributed by atoms with E-state index < -0.39 is 5.91 Å². The molecule has 4 aromatic heterocycles. The highest BCUT2D eigenvalue weighted by molar-refractivity contribution is 9.10. The third kappa shape index (κ3) is 15.9. The van der Waals surface area contributed by atoms with Crippen LogP contribution in [0.5, 0.6) is 0 Å². The third-order valence-corrected chi connectivity index (χ3v) is 10.6. The van der Waals surface area contributed by atoms with Crippen molar-refractivity contribution in [1.82, 2.24) is 54.9 Å². The summed E-state index contributed by atoms with van der Waals surface area (Å²) in [5.74, 6) is 0.126. The highest BCUT2D eigenvalue weighted by Crippen LogP contribution is 2.25. The van der Waals surface area contributed by atoms with Crippen LogP contribution in [-0.4, -0.2) is 79.5 Å². The van der Waals surface area contributed by atoms with E-state index in [0.717, 1.165) is 93.2 Å². The second kappa shape index (κ2) is 25.1. The van der Waals surface area contributed by atoms with Crippen LogP contribution in [0, 0.1) is 27.7 Å². The average molecular weight is 1010 g/mol. The van der Waals surface area contributed by atoms with Gasteiger partial charge >= 0.3 is 0 Å². The highest BCUT2D eigenvalue weighted by atomic mass is 79.9. The maximum Gasteiger partial charge on any atom is 0.254 e. The largest absolute Gasteiger partial charge is 0.399 e. The maximum atomic E-state index is 11.9. The van der Waals surface area contributed by atoms with Crippen LogP contribution in [0.1, 0.15) is 58.3 Å². The molecule has 2 atom stereocenters. The fourth-order valence-corrected chi connectivity index (χ4v) is 7.82. The van der Waals surface area contributed by atoms with Crippen molar-refractivity contribution in [3.8, 4) is 17.1 Å². The Morgan fingerprint density at radius 3 is 1.79 bits per heavy atom. The Bertz CT molecular complexity index is 2790. The quantitative estimate of drug-likeness (QED) is 0.0724. The van der Waals surface area contributed by atoms with Crippen LogP contribution in [0.25, 0.3) is 17.1 Å². The van der Waals surface area contributed by atoms with E-state index in [-0.39, 0.29) is 17.6 Å². The minimum absolute atomic E-state index is 0.0514. The van der Waals surface area contributed by atoms with E-state index in [0.29, 0.717) is 11.8 Å². The van der Waals surface area contributed by atoms with Crippen LogP contribution in [0.15, 0.2) is 143 Å². The second-order valence-electron chi connectivity index (χ2n) is 16.3. The number of anilines is 6.